The van der Waals surface area contributed by atoms with Gasteiger partial charge in [0.15, 0.2) is 0 Å². The molecular formula is C22H44O2. The van der Waals surface area contributed by atoms with E-state index in [2.05, 4.69) is 20.8 Å². The van der Waals surface area contributed by atoms with Gasteiger partial charge in [-0.05, 0) is 25.7 Å². The molecule has 0 aliphatic carbocycles. The summed E-state index contributed by atoms with van der Waals surface area (Å²) in [7, 11) is 0. The number of carbonyl (C=O) groups is 1. The summed E-state index contributed by atoms with van der Waals surface area (Å²) in [6.07, 6.45) is 20.9. The van der Waals surface area contributed by atoms with Crippen LogP contribution in [0.5, 0.6) is 0 Å². The van der Waals surface area contributed by atoms with Crippen molar-refractivity contribution < 1.29 is 9.53 Å². The number of unbranched alkanes of at least 4 members (excludes halogenated alkanes) is 12. The highest BCUT2D eigenvalue weighted by Crippen LogP contribution is 2.14. The van der Waals surface area contributed by atoms with Gasteiger partial charge in [-0.1, -0.05) is 97.8 Å². The maximum absolute atomic E-state index is 11.9. The maximum atomic E-state index is 11.9. The third kappa shape index (κ3) is 16.3. The zero-order chi connectivity index (χ0) is 17.9. The Balaban J connectivity index is 3.38. The second-order valence-corrected chi connectivity index (χ2v) is 7.30. The van der Waals surface area contributed by atoms with Gasteiger partial charge in [0.05, 0.1) is 0 Å². The quantitative estimate of drug-likeness (QED) is 0.190. The van der Waals surface area contributed by atoms with Gasteiger partial charge in [-0.25, -0.2) is 0 Å². The molecule has 0 saturated carbocycles. The summed E-state index contributed by atoms with van der Waals surface area (Å²) in [5, 5.41) is 0. The average Bonchev–Trinajstić information content (AvgIpc) is 2.59. The molecule has 0 radical (unpaired) electrons. The van der Waals surface area contributed by atoms with Crippen molar-refractivity contribution in [1.29, 1.82) is 0 Å². The molecule has 2 nitrogen and oxygen atoms in total. The van der Waals surface area contributed by atoms with E-state index in [1.807, 2.05) is 0 Å². The molecule has 0 N–H and O–H groups in total. The smallest absolute Gasteiger partial charge is 0.306 e. The van der Waals surface area contributed by atoms with Crippen molar-refractivity contribution in [3.05, 3.63) is 0 Å². The molecule has 0 aromatic carbocycles. The Kier molecular flexibility index (Phi) is 18.4. The molecule has 24 heavy (non-hydrogen) atoms. The minimum absolute atomic E-state index is 0.0225. The molecule has 2 heteroatoms. The van der Waals surface area contributed by atoms with Crippen molar-refractivity contribution in [2.75, 3.05) is 0 Å². The fraction of sp³-hybridized carbons (Fsp3) is 0.955. The summed E-state index contributed by atoms with van der Waals surface area (Å²) in [6.45, 7) is 6.59. The van der Waals surface area contributed by atoms with Crippen molar-refractivity contribution in [2.24, 2.45) is 0 Å². The first-order chi connectivity index (χ1) is 11.7. The number of rotatable bonds is 18. The normalized spacial score (nSPS) is 12.3. The van der Waals surface area contributed by atoms with Crippen LogP contribution in [0.2, 0.25) is 0 Å². The molecule has 0 fully saturated rings. The SMILES string of the molecule is CCCCCCCCCCCCCC(=O)OC(CC)CCCCC. The summed E-state index contributed by atoms with van der Waals surface area (Å²) >= 11 is 0. The molecule has 144 valence electrons. The molecule has 0 aliphatic rings. The predicted octanol–water partition coefficient (Wildman–Crippen LogP) is 7.59. The predicted molar refractivity (Wildman–Crippen MR) is 105 cm³/mol. The van der Waals surface area contributed by atoms with Crippen molar-refractivity contribution in [3.63, 3.8) is 0 Å². The first kappa shape index (κ1) is 23.5. The lowest BCUT2D eigenvalue weighted by Gasteiger charge is -2.16. The highest BCUT2D eigenvalue weighted by molar-refractivity contribution is 5.69. The highest BCUT2D eigenvalue weighted by Gasteiger charge is 2.11. The lowest BCUT2D eigenvalue weighted by molar-refractivity contribution is -0.149. The second kappa shape index (κ2) is 18.8. The largest absolute Gasteiger partial charge is 0.462 e. The van der Waals surface area contributed by atoms with Gasteiger partial charge in [0.1, 0.15) is 6.10 Å². The van der Waals surface area contributed by atoms with Crippen LogP contribution in [-0.2, 0) is 9.53 Å². The van der Waals surface area contributed by atoms with Crippen molar-refractivity contribution in [2.45, 2.75) is 136 Å². The van der Waals surface area contributed by atoms with E-state index in [-0.39, 0.29) is 12.1 Å². The Morgan fingerprint density at radius 1 is 0.667 bits per heavy atom. The lowest BCUT2D eigenvalue weighted by atomic mass is 10.1. The van der Waals surface area contributed by atoms with Crippen LogP contribution >= 0.6 is 0 Å². The Morgan fingerprint density at radius 2 is 1.12 bits per heavy atom. The van der Waals surface area contributed by atoms with Gasteiger partial charge < -0.3 is 4.74 Å². The summed E-state index contributed by atoms with van der Waals surface area (Å²) in [5.74, 6) is 0.0225. The number of carbonyl (C=O) groups excluding carboxylic acids is 1. The molecule has 0 aliphatic heterocycles. The summed E-state index contributed by atoms with van der Waals surface area (Å²) in [4.78, 5) is 11.9. The first-order valence-electron chi connectivity index (χ1n) is 10.9. The van der Waals surface area contributed by atoms with Crippen LogP contribution in [0.25, 0.3) is 0 Å². The number of hydrogen-bond donors (Lipinski definition) is 0. The number of ether oxygens (including phenoxy) is 1. The van der Waals surface area contributed by atoms with Crippen LogP contribution in [0.4, 0.5) is 0 Å². The van der Waals surface area contributed by atoms with Gasteiger partial charge in [-0.15, -0.1) is 0 Å². The zero-order valence-corrected chi connectivity index (χ0v) is 16.9. The summed E-state index contributed by atoms with van der Waals surface area (Å²) in [6, 6.07) is 0. The van der Waals surface area contributed by atoms with Gasteiger partial charge in [0, 0.05) is 6.42 Å². The van der Waals surface area contributed by atoms with E-state index >= 15 is 0 Å². The van der Waals surface area contributed by atoms with Crippen LogP contribution in [0.3, 0.4) is 0 Å². The third-order valence-electron chi connectivity index (χ3n) is 4.87. The number of esters is 1. The zero-order valence-electron chi connectivity index (χ0n) is 16.9. The minimum atomic E-state index is 0.0225. The van der Waals surface area contributed by atoms with Crippen LogP contribution in [0, 0.1) is 0 Å². The number of hydrogen-bond acceptors (Lipinski definition) is 2. The summed E-state index contributed by atoms with van der Waals surface area (Å²) < 4.78 is 5.60. The van der Waals surface area contributed by atoms with Gasteiger partial charge in [0.2, 0.25) is 0 Å². The van der Waals surface area contributed by atoms with E-state index in [0.29, 0.717) is 6.42 Å². The first-order valence-corrected chi connectivity index (χ1v) is 10.9. The van der Waals surface area contributed by atoms with E-state index in [9.17, 15) is 4.79 Å². The van der Waals surface area contributed by atoms with Crippen LogP contribution in [0.15, 0.2) is 0 Å². The maximum Gasteiger partial charge on any atom is 0.306 e. The van der Waals surface area contributed by atoms with Gasteiger partial charge >= 0.3 is 5.97 Å². The second-order valence-electron chi connectivity index (χ2n) is 7.30. The Bertz CT molecular complexity index is 263. The minimum Gasteiger partial charge on any atom is -0.462 e. The molecule has 0 bridgehead atoms. The molecule has 0 spiro atoms. The van der Waals surface area contributed by atoms with Crippen molar-refractivity contribution in [1.82, 2.24) is 0 Å². The standard InChI is InChI=1S/C22H44O2/c1-4-7-9-10-11-12-13-14-15-16-18-20-22(23)24-21(6-3)19-17-8-5-2/h21H,4-20H2,1-3H3. The molecular weight excluding hydrogens is 296 g/mol. The van der Waals surface area contributed by atoms with Gasteiger partial charge in [-0.2, -0.15) is 0 Å². The topological polar surface area (TPSA) is 26.3 Å². The van der Waals surface area contributed by atoms with Crippen molar-refractivity contribution >= 4 is 5.97 Å². The molecule has 0 aromatic rings. The molecule has 1 atom stereocenters. The Labute approximate surface area is 152 Å². The molecule has 0 aromatic heterocycles. The van der Waals surface area contributed by atoms with Crippen LogP contribution in [-0.4, -0.2) is 12.1 Å². The van der Waals surface area contributed by atoms with Gasteiger partial charge in [-0.3, -0.25) is 4.79 Å². The molecule has 0 amide bonds. The van der Waals surface area contributed by atoms with Crippen LogP contribution < -0.4 is 0 Å². The third-order valence-corrected chi connectivity index (χ3v) is 4.87. The summed E-state index contributed by atoms with van der Waals surface area (Å²) in [5.41, 5.74) is 0. The monoisotopic (exact) mass is 340 g/mol. The van der Waals surface area contributed by atoms with Crippen LogP contribution in [0.1, 0.15) is 130 Å². The van der Waals surface area contributed by atoms with E-state index in [4.69, 9.17) is 4.74 Å². The van der Waals surface area contributed by atoms with E-state index in [1.165, 1.54) is 83.5 Å². The Morgan fingerprint density at radius 3 is 1.62 bits per heavy atom. The van der Waals surface area contributed by atoms with E-state index in [1.54, 1.807) is 0 Å². The molecule has 1 unspecified atom stereocenters. The molecule has 0 heterocycles. The van der Waals surface area contributed by atoms with E-state index in [0.717, 1.165) is 19.3 Å². The van der Waals surface area contributed by atoms with E-state index < -0.39 is 0 Å². The lowest BCUT2D eigenvalue weighted by Crippen LogP contribution is -2.17. The fourth-order valence-electron chi connectivity index (χ4n) is 3.15. The molecule has 0 saturated heterocycles. The highest BCUT2D eigenvalue weighted by atomic mass is 16.5. The van der Waals surface area contributed by atoms with Crippen molar-refractivity contribution in [3.8, 4) is 0 Å². The van der Waals surface area contributed by atoms with Gasteiger partial charge in [0.25, 0.3) is 0 Å². The fourth-order valence-corrected chi connectivity index (χ4v) is 3.15. The average molecular weight is 341 g/mol. The molecule has 0 rings (SSSR count). The Hall–Kier alpha value is -0.530.